The first kappa shape index (κ1) is 24.7. The van der Waals surface area contributed by atoms with E-state index < -0.39 is 58.3 Å². The van der Waals surface area contributed by atoms with Gasteiger partial charge in [0.1, 0.15) is 5.75 Å². The lowest BCUT2D eigenvalue weighted by molar-refractivity contribution is -0.175. The van der Waals surface area contributed by atoms with Crippen molar-refractivity contribution in [2.75, 3.05) is 25.5 Å². The summed E-state index contributed by atoms with van der Waals surface area (Å²) in [6.45, 7) is 4.35. The first-order chi connectivity index (χ1) is 16.4. The number of anilines is 1. The smallest absolute Gasteiger partial charge is 0.235 e. The number of hydrogen-bond donors (Lipinski definition) is 4. The SMILES string of the molecule is C=CCNCc1cc(N(C)C)c2c(c1O)C(=O)C1C(=O)[C@]3(O)C(=O)C(C(N)=O)C(=O)C[C@@H]3C[C@@H]1C2. The molecule has 0 heterocycles. The number of carbonyl (C=O) groups is 5. The van der Waals surface area contributed by atoms with Crippen LogP contribution in [0.4, 0.5) is 5.69 Å². The van der Waals surface area contributed by atoms with E-state index in [2.05, 4.69) is 11.9 Å². The quantitative estimate of drug-likeness (QED) is 0.241. The average Bonchev–Trinajstić information content (AvgIpc) is 2.77. The number of nitrogens with two attached hydrogens (primary N) is 1. The second-order valence-corrected chi connectivity index (χ2v) is 9.81. The fourth-order valence-electron chi connectivity index (χ4n) is 5.91. The number of phenols is 1. The van der Waals surface area contributed by atoms with Crippen LogP contribution in [-0.4, -0.2) is 65.5 Å². The maximum absolute atomic E-state index is 13.7. The number of nitrogens with zero attached hydrogens (tertiary/aromatic N) is 1. The molecule has 2 saturated carbocycles. The minimum absolute atomic E-state index is 0.00552. The highest BCUT2D eigenvalue weighted by Gasteiger charge is 2.66. The van der Waals surface area contributed by atoms with Crippen molar-refractivity contribution in [3.8, 4) is 5.75 Å². The fraction of sp³-hybridized carbons (Fsp3) is 0.480. The van der Waals surface area contributed by atoms with Gasteiger partial charge in [0.15, 0.2) is 34.7 Å². The van der Waals surface area contributed by atoms with E-state index in [1.807, 2.05) is 4.90 Å². The van der Waals surface area contributed by atoms with Gasteiger partial charge in [0.2, 0.25) is 5.91 Å². The predicted molar refractivity (Wildman–Crippen MR) is 125 cm³/mol. The van der Waals surface area contributed by atoms with Crippen LogP contribution in [0.25, 0.3) is 0 Å². The molecule has 1 aromatic rings. The second kappa shape index (κ2) is 8.69. The zero-order chi connectivity index (χ0) is 25.8. The first-order valence-electron chi connectivity index (χ1n) is 11.5. The van der Waals surface area contributed by atoms with Crippen LogP contribution in [0.2, 0.25) is 0 Å². The largest absolute Gasteiger partial charge is 0.507 e. The van der Waals surface area contributed by atoms with Crippen molar-refractivity contribution < 1.29 is 34.2 Å². The third-order valence-electron chi connectivity index (χ3n) is 7.54. The molecule has 4 rings (SSSR count). The fourth-order valence-corrected chi connectivity index (χ4v) is 5.91. The van der Waals surface area contributed by atoms with Crippen molar-refractivity contribution in [1.29, 1.82) is 0 Å². The zero-order valence-corrected chi connectivity index (χ0v) is 19.7. The maximum Gasteiger partial charge on any atom is 0.235 e. The van der Waals surface area contributed by atoms with E-state index >= 15 is 0 Å². The van der Waals surface area contributed by atoms with Crippen molar-refractivity contribution in [1.82, 2.24) is 5.32 Å². The van der Waals surface area contributed by atoms with Gasteiger partial charge in [-0.15, -0.1) is 6.58 Å². The van der Waals surface area contributed by atoms with E-state index in [9.17, 15) is 34.2 Å². The van der Waals surface area contributed by atoms with Crippen LogP contribution >= 0.6 is 0 Å². The van der Waals surface area contributed by atoms with Crippen LogP contribution in [0.5, 0.6) is 5.75 Å². The minimum Gasteiger partial charge on any atom is -0.507 e. The molecule has 0 bridgehead atoms. The summed E-state index contributed by atoms with van der Waals surface area (Å²) >= 11 is 0. The Morgan fingerprint density at radius 3 is 2.54 bits per heavy atom. The van der Waals surface area contributed by atoms with E-state index in [4.69, 9.17) is 5.73 Å². The topological polar surface area (TPSA) is 167 Å². The third-order valence-corrected chi connectivity index (χ3v) is 7.54. The molecule has 0 aliphatic heterocycles. The Bertz CT molecular complexity index is 1170. The van der Waals surface area contributed by atoms with Crippen molar-refractivity contribution in [2.45, 2.75) is 31.4 Å². The summed E-state index contributed by atoms with van der Waals surface area (Å²) < 4.78 is 0. The maximum atomic E-state index is 13.7. The minimum atomic E-state index is -2.65. The molecule has 1 aromatic carbocycles. The average molecular weight is 484 g/mol. The lowest BCUT2D eigenvalue weighted by Crippen LogP contribution is -2.68. The Morgan fingerprint density at radius 1 is 1.26 bits per heavy atom. The highest BCUT2D eigenvalue weighted by atomic mass is 16.3. The molecule has 10 nitrogen and oxygen atoms in total. The molecule has 2 unspecified atom stereocenters. The number of Topliss-reactive ketones (excluding diaryl/α,β-unsaturated/α-hetero) is 4. The number of aromatic hydroxyl groups is 1. The van der Waals surface area contributed by atoms with Crippen molar-refractivity contribution >= 4 is 34.7 Å². The lowest BCUT2D eigenvalue weighted by Gasteiger charge is -2.48. The van der Waals surface area contributed by atoms with Gasteiger partial charge in [-0.2, -0.15) is 0 Å². The van der Waals surface area contributed by atoms with Crippen molar-refractivity contribution in [3.05, 3.63) is 35.4 Å². The molecule has 0 aromatic heterocycles. The van der Waals surface area contributed by atoms with Gasteiger partial charge in [-0.3, -0.25) is 24.0 Å². The molecule has 3 aliphatic rings. The molecule has 0 radical (unpaired) electrons. The summed E-state index contributed by atoms with van der Waals surface area (Å²) in [7, 11) is 3.61. The standard InChI is InChI=1S/C25H29N3O7/c1-4-5-27-10-12-8-15(28(2)3)14-7-11-6-13-9-16(29)19(24(26)34)23(33)25(13,35)22(32)17(11)21(31)18(14)20(12)30/h4,8,11,13,17,19,27,30,35H,1,5-7,9-10H2,2-3H3,(H2,26,34)/t11-,13+,17?,19?,25+/m1/s1. The number of phenolic OH excluding ortho intramolecular Hbond substituents is 1. The van der Waals surface area contributed by atoms with Crippen LogP contribution in [0, 0.1) is 23.7 Å². The van der Waals surface area contributed by atoms with Gasteiger partial charge in [0.25, 0.3) is 0 Å². The Hall–Kier alpha value is -3.37. The Balaban J connectivity index is 1.81. The highest BCUT2D eigenvalue weighted by Crippen LogP contribution is 2.51. The Labute approximate surface area is 202 Å². The number of carbonyl (C=O) groups excluding carboxylic acids is 5. The molecule has 0 spiro atoms. The molecule has 2 fully saturated rings. The van der Waals surface area contributed by atoms with E-state index in [0.717, 1.165) is 0 Å². The number of amides is 1. The Kier molecular flexibility index (Phi) is 6.14. The Morgan fingerprint density at radius 2 is 1.94 bits per heavy atom. The monoisotopic (exact) mass is 483 g/mol. The first-order valence-corrected chi connectivity index (χ1v) is 11.5. The van der Waals surface area contributed by atoms with Crippen LogP contribution in [0.1, 0.15) is 34.3 Å². The molecule has 1 amide bonds. The van der Waals surface area contributed by atoms with Gasteiger partial charge >= 0.3 is 0 Å². The number of primary amides is 1. The van der Waals surface area contributed by atoms with E-state index in [1.165, 1.54) is 0 Å². The van der Waals surface area contributed by atoms with Crippen molar-refractivity contribution in [3.63, 3.8) is 0 Å². The highest BCUT2D eigenvalue weighted by molar-refractivity contribution is 6.31. The molecule has 3 aliphatic carbocycles. The molecule has 35 heavy (non-hydrogen) atoms. The van der Waals surface area contributed by atoms with Gasteiger partial charge in [-0.05, 0) is 30.4 Å². The number of nitrogens with one attached hydrogen (secondary N) is 1. The number of hydrogen-bond acceptors (Lipinski definition) is 9. The van der Waals surface area contributed by atoms with Gasteiger partial charge in [0, 0.05) is 50.8 Å². The van der Waals surface area contributed by atoms with Gasteiger partial charge < -0.3 is 26.2 Å². The molecule has 0 saturated heterocycles. The molecule has 186 valence electrons. The number of ketones is 4. The third kappa shape index (κ3) is 3.59. The van der Waals surface area contributed by atoms with Gasteiger partial charge in [-0.25, -0.2) is 0 Å². The lowest BCUT2D eigenvalue weighted by atomic mass is 9.53. The molecule has 5 N–H and O–H groups in total. The summed E-state index contributed by atoms with van der Waals surface area (Å²) in [4.78, 5) is 66.3. The van der Waals surface area contributed by atoms with Crippen LogP contribution in [0.15, 0.2) is 18.7 Å². The summed E-state index contributed by atoms with van der Waals surface area (Å²) in [6, 6.07) is 1.78. The van der Waals surface area contributed by atoms with E-state index in [1.54, 1.807) is 26.2 Å². The predicted octanol–water partition coefficient (Wildman–Crippen LogP) is -0.331. The number of aliphatic hydroxyl groups is 1. The molecule has 5 atom stereocenters. The second-order valence-electron chi connectivity index (χ2n) is 9.81. The number of fused-ring (bicyclic) bond motifs is 3. The van der Waals surface area contributed by atoms with Crippen LogP contribution in [0.3, 0.4) is 0 Å². The van der Waals surface area contributed by atoms with E-state index in [0.29, 0.717) is 23.4 Å². The normalized spacial score (nSPS) is 29.8. The molecular weight excluding hydrogens is 454 g/mol. The van der Waals surface area contributed by atoms with Gasteiger partial charge in [0.05, 0.1) is 11.5 Å². The summed E-state index contributed by atoms with van der Waals surface area (Å²) in [5.41, 5.74) is 4.29. The number of rotatable bonds is 6. The molecular formula is C25H29N3O7. The van der Waals surface area contributed by atoms with Crippen LogP contribution < -0.4 is 16.0 Å². The van der Waals surface area contributed by atoms with E-state index in [-0.39, 0.29) is 37.1 Å². The van der Waals surface area contributed by atoms with Crippen LogP contribution in [-0.2, 0) is 32.1 Å². The summed E-state index contributed by atoms with van der Waals surface area (Å²) in [6.07, 6.45) is 1.61. The number of benzene rings is 1. The molecule has 10 heteroatoms. The summed E-state index contributed by atoms with van der Waals surface area (Å²) in [5.74, 6) is -10.1. The summed E-state index contributed by atoms with van der Waals surface area (Å²) in [5, 5.41) is 25.4. The van der Waals surface area contributed by atoms with Gasteiger partial charge in [-0.1, -0.05) is 6.08 Å². The zero-order valence-electron chi connectivity index (χ0n) is 19.7. The van der Waals surface area contributed by atoms with Crippen molar-refractivity contribution in [2.24, 2.45) is 29.4 Å².